The van der Waals surface area contributed by atoms with Crippen LogP contribution in [0.2, 0.25) is 5.02 Å². The van der Waals surface area contributed by atoms with E-state index < -0.39 is 0 Å². The lowest BCUT2D eigenvalue weighted by atomic mass is 10.0. The molecule has 0 fully saturated rings. The van der Waals surface area contributed by atoms with E-state index in [1.54, 1.807) is 13.2 Å². The number of aryl methyl sites for hydroxylation is 1. The van der Waals surface area contributed by atoms with Crippen molar-refractivity contribution in [2.24, 2.45) is 0 Å². The van der Waals surface area contributed by atoms with E-state index in [1.165, 1.54) is 0 Å². The number of para-hydroxylation sites is 1. The summed E-state index contributed by atoms with van der Waals surface area (Å²) >= 11 is 5.96. The van der Waals surface area contributed by atoms with Gasteiger partial charge in [-0.05, 0) is 30.7 Å². The maximum absolute atomic E-state index is 9.95. The molecular formula is C14H13ClO2. The maximum Gasteiger partial charge on any atom is 0.126 e. The molecule has 0 saturated carbocycles. The van der Waals surface area contributed by atoms with Gasteiger partial charge in [0.1, 0.15) is 11.5 Å². The monoisotopic (exact) mass is 248 g/mol. The Morgan fingerprint density at radius 1 is 1.12 bits per heavy atom. The molecule has 1 N–H and O–H groups in total. The van der Waals surface area contributed by atoms with Gasteiger partial charge in [0.05, 0.1) is 7.11 Å². The van der Waals surface area contributed by atoms with Crippen LogP contribution in [-0.4, -0.2) is 12.2 Å². The molecule has 0 aliphatic heterocycles. The Kier molecular flexibility index (Phi) is 3.25. The zero-order valence-electron chi connectivity index (χ0n) is 9.70. The van der Waals surface area contributed by atoms with Gasteiger partial charge in [-0.2, -0.15) is 0 Å². The minimum absolute atomic E-state index is 0.158. The lowest BCUT2D eigenvalue weighted by Crippen LogP contribution is -1.89. The molecule has 2 aromatic carbocycles. The van der Waals surface area contributed by atoms with Crippen LogP contribution in [0.4, 0.5) is 0 Å². The number of phenols is 1. The number of rotatable bonds is 2. The molecule has 0 aliphatic carbocycles. The predicted molar refractivity (Wildman–Crippen MR) is 69.8 cm³/mol. The van der Waals surface area contributed by atoms with E-state index in [9.17, 15) is 5.11 Å². The fourth-order valence-electron chi connectivity index (χ4n) is 1.75. The molecule has 0 amide bonds. The van der Waals surface area contributed by atoms with Gasteiger partial charge in [0.2, 0.25) is 0 Å². The first kappa shape index (κ1) is 11.8. The van der Waals surface area contributed by atoms with E-state index in [4.69, 9.17) is 16.3 Å². The third-order valence-corrected chi connectivity index (χ3v) is 3.08. The van der Waals surface area contributed by atoms with Crippen LogP contribution in [0.5, 0.6) is 11.5 Å². The summed E-state index contributed by atoms with van der Waals surface area (Å²) in [4.78, 5) is 0. The van der Waals surface area contributed by atoms with Gasteiger partial charge in [0.15, 0.2) is 0 Å². The van der Waals surface area contributed by atoms with Crippen molar-refractivity contribution < 1.29 is 9.84 Å². The smallest absolute Gasteiger partial charge is 0.126 e. The van der Waals surface area contributed by atoms with Crippen LogP contribution in [0.3, 0.4) is 0 Å². The van der Waals surface area contributed by atoms with Gasteiger partial charge in [-0.3, -0.25) is 0 Å². The van der Waals surface area contributed by atoms with Crippen molar-refractivity contribution in [1.82, 2.24) is 0 Å². The number of phenolic OH excluding ortho intramolecular Hbond substituents is 1. The number of ether oxygens (including phenoxy) is 1. The zero-order valence-corrected chi connectivity index (χ0v) is 10.5. The molecule has 0 unspecified atom stereocenters. The summed E-state index contributed by atoms with van der Waals surface area (Å²) in [6.07, 6.45) is 0. The van der Waals surface area contributed by atoms with Crippen LogP contribution in [-0.2, 0) is 0 Å². The Balaban J connectivity index is 2.64. The molecule has 88 valence electrons. The SMILES string of the molecule is COc1ccccc1-c1cc(C)c(Cl)cc1O. The van der Waals surface area contributed by atoms with Crippen molar-refractivity contribution in [2.45, 2.75) is 6.92 Å². The number of halogens is 1. The van der Waals surface area contributed by atoms with E-state index in [-0.39, 0.29) is 5.75 Å². The summed E-state index contributed by atoms with van der Waals surface area (Å²) in [7, 11) is 1.61. The number of aromatic hydroxyl groups is 1. The predicted octanol–water partition coefficient (Wildman–Crippen LogP) is 4.03. The summed E-state index contributed by atoms with van der Waals surface area (Å²) in [6.45, 7) is 1.90. The molecule has 0 radical (unpaired) electrons. The molecule has 17 heavy (non-hydrogen) atoms. The van der Waals surface area contributed by atoms with Gasteiger partial charge >= 0.3 is 0 Å². The topological polar surface area (TPSA) is 29.5 Å². The molecule has 0 aliphatic rings. The van der Waals surface area contributed by atoms with Crippen molar-refractivity contribution >= 4 is 11.6 Å². The van der Waals surface area contributed by atoms with Gasteiger partial charge in [-0.25, -0.2) is 0 Å². The largest absolute Gasteiger partial charge is 0.507 e. The minimum atomic E-state index is 0.158. The van der Waals surface area contributed by atoms with Gasteiger partial charge in [-0.1, -0.05) is 29.8 Å². The third kappa shape index (κ3) is 2.22. The molecule has 0 bridgehead atoms. The van der Waals surface area contributed by atoms with Gasteiger partial charge < -0.3 is 9.84 Å². The number of hydrogen-bond donors (Lipinski definition) is 1. The lowest BCUT2D eigenvalue weighted by Gasteiger charge is -2.11. The van der Waals surface area contributed by atoms with Crippen molar-refractivity contribution in [3.63, 3.8) is 0 Å². The molecule has 2 aromatic rings. The van der Waals surface area contributed by atoms with Crippen LogP contribution < -0.4 is 4.74 Å². The number of benzene rings is 2. The average Bonchev–Trinajstić information content (AvgIpc) is 2.34. The van der Waals surface area contributed by atoms with Gasteiger partial charge in [0, 0.05) is 16.1 Å². The normalized spacial score (nSPS) is 10.3. The Labute approximate surface area is 105 Å². The Hall–Kier alpha value is -1.67. The fraction of sp³-hybridized carbons (Fsp3) is 0.143. The highest BCUT2D eigenvalue weighted by Crippen LogP contribution is 2.38. The summed E-state index contributed by atoms with van der Waals surface area (Å²) in [5.41, 5.74) is 2.50. The Morgan fingerprint density at radius 2 is 1.82 bits per heavy atom. The van der Waals surface area contributed by atoms with Gasteiger partial charge in [0.25, 0.3) is 0 Å². The molecule has 0 aromatic heterocycles. The highest BCUT2D eigenvalue weighted by molar-refractivity contribution is 6.31. The van der Waals surface area contributed by atoms with E-state index in [0.717, 1.165) is 22.4 Å². The minimum Gasteiger partial charge on any atom is -0.507 e. The molecule has 0 heterocycles. The number of hydrogen-bond acceptors (Lipinski definition) is 2. The molecule has 2 nitrogen and oxygen atoms in total. The molecule has 0 atom stereocenters. The molecule has 2 rings (SSSR count). The van der Waals surface area contributed by atoms with E-state index in [0.29, 0.717) is 5.02 Å². The van der Waals surface area contributed by atoms with Crippen molar-refractivity contribution in [3.8, 4) is 22.6 Å². The zero-order chi connectivity index (χ0) is 12.4. The molecule has 0 spiro atoms. The summed E-state index contributed by atoms with van der Waals surface area (Å²) in [5.74, 6) is 0.884. The highest BCUT2D eigenvalue weighted by Gasteiger charge is 2.11. The van der Waals surface area contributed by atoms with Crippen LogP contribution in [0, 0.1) is 6.92 Å². The summed E-state index contributed by atoms with van der Waals surface area (Å²) in [5, 5.41) is 10.5. The van der Waals surface area contributed by atoms with Crippen molar-refractivity contribution in [1.29, 1.82) is 0 Å². The first-order valence-electron chi connectivity index (χ1n) is 5.26. The third-order valence-electron chi connectivity index (χ3n) is 2.67. The second-order valence-electron chi connectivity index (χ2n) is 3.82. The van der Waals surface area contributed by atoms with E-state index in [2.05, 4.69) is 0 Å². The standard InChI is InChI=1S/C14H13ClO2/c1-9-7-11(13(16)8-12(9)15)10-5-3-4-6-14(10)17-2/h3-8,16H,1-2H3. The second-order valence-corrected chi connectivity index (χ2v) is 4.23. The molecule has 0 saturated heterocycles. The first-order chi connectivity index (χ1) is 8.13. The Bertz CT molecular complexity index is 550. The van der Waals surface area contributed by atoms with Crippen molar-refractivity contribution in [2.75, 3.05) is 7.11 Å². The summed E-state index contributed by atoms with van der Waals surface area (Å²) in [6, 6.07) is 11.0. The highest BCUT2D eigenvalue weighted by atomic mass is 35.5. The molecule has 3 heteroatoms. The van der Waals surface area contributed by atoms with Crippen LogP contribution in [0.1, 0.15) is 5.56 Å². The van der Waals surface area contributed by atoms with Gasteiger partial charge in [-0.15, -0.1) is 0 Å². The molecular weight excluding hydrogens is 236 g/mol. The first-order valence-corrected chi connectivity index (χ1v) is 5.63. The second kappa shape index (κ2) is 4.68. The van der Waals surface area contributed by atoms with E-state index >= 15 is 0 Å². The number of methoxy groups -OCH3 is 1. The summed E-state index contributed by atoms with van der Waals surface area (Å²) < 4.78 is 5.28. The van der Waals surface area contributed by atoms with E-state index in [1.807, 2.05) is 37.3 Å². The van der Waals surface area contributed by atoms with Crippen molar-refractivity contribution in [3.05, 3.63) is 47.0 Å². The fourth-order valence-corrected chi connectivity index (χ4v) is 1.91. The van der Waals surface area contributed by atoms with Crippen LogP contribution >= 0.6 is 11.6 Å². The quantitative estimate of drug-likeness (QED) is 0.870. The lowest BCUT2D eigenvalue weighted by molar-refractivity contribution is 0.415. The van der Waals surface area contributed by atoms with Crippen LogP contribution in [0.25, 0.3) is 11.1 Å². The average molecular weight is 249 g/mol. The van der Waals surface area contributed by atoms with Crippen LogP contribution in [0.15, 0.2) is 36.4 Å². The maximum atomic E-state index is 9.95. The Morgan fingerprint density at radius 3 is 2.53 bits per heavy atom.